The van der Waals surface area contributed by atoms with Gasteiger partial charge in [0.2, 0.25) is 5.91 Å². The lowest BCUT2D eigenvalue weighted by molar-refractivity contribution is -0.123. The van der Waals surface area contributed by atoms with Gasteiger partial charge >= 0.3 is 6.03 Å². The molecule has 0 atom stereocenters. The lowest BCUT2D eigenvalue weighted by Crippen LogP contribution is -2.43. The van der Waals surface area contributed by atoms with Crippen molar-refractivity contribution in [2.75, 3.05) is 19.6 Å². The summed E-state index contributed by atoms with van der Waals surface area (Å²) in [6, 6.07) is 5.77. The molecule has 0 aromatic heterocycles. The smallest absolute Gasteiger partial charge is 0.317 e. The molecule has 1 aromatic rings. The van der Waals surface area contributed by atoms with Crippen LogP contribution in [0, 0.1) is 5.92 Å². The first kappa shape index (κ1) is 17.6. The second kappa shape index (κ2) is 8.20. The molecule has 2 N–H and O–H groups in total. The summed E-state index contributed by atoms with van der Waals surface area (Å²) in [6.07, 6.45) is 1.55. The third-order valence-electron chi connectivity index (χ3n) is 3.92. The Morgan fingerprint density at radius 1 is 1.22 bits per heavy atom. The van der Waals surface area contributed by atoms with Gasteiger partial charge in [0.15, 0.2) is 0 Å². The maximum atomic E-state index is 12.2. The summed E-state index contributed by atoms with van der Waals surface area (Å²) in [5.74, 6) is 0.0362. The van der Waals surface area contributed by atoms with Gasteiger partial charge in [-0.05, 0) is 36.1 Å². The highest BCUT2D eigenvalue weighted by Crippen LogP contribution is 2.22. The number of nitrogens with zero attached hydrogens (tertiary/aromatic N) is 1. The Hall–Kier alpha value is -1.75. The first-order valence-corrected chi connectivity index (χ1v) is 8.43. The van der Waals surface area contributed by atoms with Crippen molar-refractivity contribution < 1.29 is 9.59 Å². The van der Waals surface area contributed by atoms with Crippen LogP contribution in [0.15, 0.2) is 18.2 Å². The molecule has 1 aliphatic rings. The van der Waals surface area contributed by atoms with Crippen molar-refractivity contribution in [3.63, 3.8) is 0 Å². The Balaban J connectivity index is 1.71. The summed E-state index contributed by atoms with van der Waals surface area (Å²) in [4.78, 5) is 25.4. The predicted molar refractivity (Wildman–Crippen MR) is 91.4 cm³/mol. The molecule has 0 aliphatic carbocycles. The van der Waals surface area contributed by atoms with Crippen LogP contribution in [0.4, 0.5) is 4.79 Å². The number of amides is 3. The lowest BCUT2D eigenvalue weighted by Gasteiger charge is -2.29. The standard InChI is InChI=1S/C17H24ClN3O2/c1-12(2)16(22)19-7-3-8-20-17(23)21-9-6-13-10-15(18)5-4-14(13)11-21/h4-5,10,12H,3,6-9,11H2,1-2H3,(H,19,22)(H,20,23). The maximum Gasteiger partial charge on any atom is 0.317 e. The molecular weight excluding hydrogens is 314 g/mol. The molecule has 0 unspecified atom stereocenters. The number of nitrogens with one attached hydrogen (secondary N) is 2. The van der Waals surface area contributed by atoms with Crippen LogP contribution in [0.25, 0.3) is 0 Å². The van der Waals surface area contributed by atoms with Gasteiger partial charge in [-0.1, -0.05) is 31.5 Å². The van der Waals surface area contributed by atoms with E-state index >= 15 is 0 Å². The Morgan fingerprint density at radius 2 is 1.96 bits per heavy atom. The van der Waals surface area contributed by atoms with Gasteiger partial charge in [-0.3, -0.25) is 4.79 Å². The van der Waals surface area contributed by atoms with Gasteiger partial charge in [0.1, 0.15) is 0 Å². The number of carbonyl (C=O) groups excluding carboxylic acids is 2. The number of benzene rings is 1. The topological polar surface area (TPSA) is 61.4 Å². The fourth-order valence-electron chi connectivity index (χ4n) is 2.51. The summed E-state index contributed by atoms with van der Waals surface area (Å²) in [5, 5.41) is 6.49. The number of fused-ring (bicyclic) bond motifs is 1. The van der Waals surface area contributed by atoms with Crippen LogP contribution in [0.3, 0.4) is 0 Å². The van der Waals surface area contributed by atoms with E-state index in [0.29, 0.717) is 26.2 Å². The van der Waals surface area contributed by atoms with Crippen molar-refractivity contribution in [2.24, 2.45) is 5.92 Å². The zero-order valence-electron chi connectivity index (χ0n) is 13.7. The van der Waals surface area contributed by atoms with E-state index in [1.54, 1.807) is 0 Å². The van der Waals surface area contributed by atoms with Gasteiger partial charge in [0.25, 0.3) is 0 Å². The first-order chi connectivity index (χ1) is 11.0. The van der Waals surface area contributed by atoms with E-state index < -0.39 is 0 Å². The van der Waals surface area contributed by atoms with Gasteiger partial charge in [0, 0.05) is 37.1 Å². The average molecular weight is 338 g/mol. The average Bonchev–Trinajstić information content (AvgIpc) is 2.53. The van der Waals surface area contributed by atoms with Crippen molar-refractivity contribution >= 4 is 23.5 Å². The molecule has 1 aliphatic heterocycles. The van der Waals surface area contributed by atoms with Gasteiger partial charge in [-0.15, -0.1) is 0 Å². The second-order valence-electron chi connectivity index (χ2n) is 6.12. The zero-order valence-corrected chi connectivity index (χ0v) is 14.4. The number of halogens is 1. The van der Waals surface area contributed by atoms with Crippen molar-refractivity contribution in [1.29, 1.82) is 0 Å². The van der Waals surface area contributed by atoms with Crippen molar-refractivity contribution in [1.82, 2.24) is 15.5 Å². The van der Waals surface area contributed by atoms with Crippen LogP contribution in [0.5, 0.6) is 0 Å². The Morgan fingerprint density at radius 3 is 2.70 bits per heavy atom. The molecule has 23 heavy (non-hydrogen) atoms. The minimum Gasteiger partial charge on any atom is -0.356 e. The van der Waals surface area contributed by atoms with Crippen LogP contribution in [0.2, 0.25) is 5.02 Å². The molecule has 0 bridgehead atoms. The van der Waals surface area contributed by atoms with Gasteiger partial charge in [-0.25, -0.2) is 4.79 Å². The van der Waals surface area contributed by atoms with Crippen LogP contribution in [-0.2, 0) is 17.8 Å². The fourth-order valence-corrected chi connectivity index (χ4v) is 2.70. The molecule has 1 heterocycles. The minimum atomic E-state index is -0.0548. The zero-order chi connectivity index (χ0) is 16.8. The Kier molecular flexibility index (Phi) is 6.28. The van der Waals surface area contributed by atoms with Crippen molar-refractivity contribution in [3.05, 3.63) is 34.3 Å². The number of hydrogen-bond acceptors (Lipinski definition) is 2. The van der Waals surface area contributed by atoms with Crippen LogP contribution >= 0.6 is 11.6 Å². The molecule has 0 fully saturated rings. The minimum absolute atomic E-state index is 0.00786. The van der Waals surface area contributed by atoms with Crippen molar-refractivity contribution in [2.45, 2.75) is 33.2 Å². The van der Waals surface area contributed by atoms with Crippen LogP contribution in [-0.4, -0.2) is 36.5 Å². The molecule has 5 nitrogen and oxygen atoms in total. The molecule has 0 saturated carbocycles. The largest absolute Gasteiger partial charge is 0.356 e. The Labute approximate surface area is 142 Å². The summed E-state index contributed by atoms with van der Waals surface area (Å²) >= 11 is 5.99. The number of urea groups is 1. The molecule has 126 valence electrons. The normalized spacial score (nSPS) is 13.7. The van der Waals surface area contributed by atoms with E-state index in [4.69, 9.17) is 11.6 Å². The van der Waals surface area contributed by atoms with Crippen LogP contribution in [0.1, 0.15) is 31.4 Å². The summed E-state index contributed by atoms with van der Waals surface area (Å²) in [7, 11) is 0. The highest BCUT2D eigenvalue weighted by molar-refractivity contribution is 6.30. The third kappa shape index (κ3) is 5.13. The SMILES string of the molecule is CC(C)C(=O)NCCCNC(=O)N1CCc2cc(Cl)ccc2C1. The molecule has 3 amide bonds. The van der Waals surface area contributed by atoms with E-state index in [1.807, 2.05) is 36.9 Å². The molecule has 0 radical (unpaired) electrons. The highest BCUT2D eigenvalue weighted by Gasteiger charge is 2.20. The molecule has 6 heteroatoms. The molecular formula is C17H24ClN3O2. The van der Waals surface area contributed by atoms with E-state index in [1.165, 1.54) is 5.56 Å². The quantitative estimate of drug-likeness (QED) is 0.811. The predicted octanol–water partition coefficient (Wildman–Crippen LogP) is 2.57. The maximum absolute atomic E-state index is 12.2. The fraction of sp³-hybridized carbons (Fsp3) is 0.529. The van der Waals surface area contributed by atoms with E-state index in [-0.39, 0.29) is 17.9 Å². The molecule has 0 spiro atoms. The van der Waals surface area contributed by atoms with E-state index in [9.17, 15) is 9.59 Å². The van der Waals surface area contributed by atoms with Gasteiger partial charge in [-0.2, -0.15) is 0 Å². The number of hydrogen-bond donors (Lipinski definition) is 2. The van der Waals surface area contributed by atoms with E-state index in [2.05, 4.69) is 10.6 Å². The summed E-state index contributed by atoms with van der Waals surface area (Å²) in [5.41, 5.74) is 2.37. The molecule has 2 rings (SSSR count). The van der Waals surface area contributed by atoms with E-state index in [0.717, 1.165) is 23.4 Å². The molecule has 1 aromatic carbocycles. The summed E-state index contributed by atoms with van der Waals surface area (Å²) < 4.78 is 0. The first-order valence-electron chi connectivity index (χ1n) is 8.05. The van der Waals surface area contributed by atoms with Crippen molar-refractivity contribution in [3.8, 4) is 0 Å². The molecule has 0 saturated heterocycles. The van der Waals surface area contributed by atoms with Gasteiger partial charge < -0.3 is 15.5 Å². The van der Waals surface area contributed by atoms with Gasteiger partial charge in [0.05, 0.1) is 0 Å². The summed E-state index contributed by atoms with van der Waals surface area (Å²) in [6.45, 7) is 6.17. The lowest BCUT2D eigenvalue weighted by atomic mass is 10.0. The second-order valence-corrected chi connectivity index (χ2v) is 6.55. The third-order valence-corrected chi connectivity index (χ3v) is 4.16. The van der Waals surface area contributed by atoms with Crippen LogP contribution < -0.4 is 10.6 Å². The number of carbonyl (C=O) groups is 2. The highest BCUT2D eigenvalue weighted by atomic mass is 35.5. The Bertz CT molecular complexity index is 575. The monoisotopic (exact) mass is 337 g/mol. The number of rotatable bonds is 5.